The molecular weight excluding hydrogens is 372 g/mol. The molecule has 0 saturated carbocycles. The third-order valence-electron chi connectivity index (χ3n) is 5.17. The fourth-order valence-corrected chi connectivity index (χ4v) is 6.67. The smallest absolute Gasteiger partial charge is 0.243 e. The fourth-order valence-electron chi connectivity index (χ4n) is 3.85. The molecule has 0 spiro atoms. The molecule has 0 amide bonds. The SMILES string of the molecule is O=S(=O)(c1ccc2c(c1)OCCO2)N1CCCSC[C@H]1CN1CCCC1. The number of fused-ring (bicyclic) bond motifs is 1. The highest BCUT2D eigenvalue weighted by Crippen LogP contribution is 2.34. The maximum atomic E-state index is 13.4. The Morgan fingerprint density at radius 2 is 1.81 bits per heavy atom. The van der Waals surface area contributed by atoms with Crippen molar-refractivity contribution in [3.8, 4) is 11.5 Å². The summed E-state index contributed by atoms with van der Waals surface area (Å²) in [6.07, 6.45) is 3.33. The molecule has 4 rings (SSSR count). The van der Waals surface area contributed by atoms with Gasteiger partial charge in [0.05, 0.1) is 4.90 Å². The van der Waals surface area contributed by atoms with Crippen LogP contribution in [-0.2, 0) is 10.0 Å². The topological polar surface area (TPSA) is 59.1 Å². The number of sulfonamides is 1. The maximum absolute atomic E-state index is 13.4. The predicted octanol–water partition coefficient (Wildman–Crippen LogP) is 2.05. The molecule has 144 valence electrons. The Morgan fingerprint density at radius 1 is 1.04 bits per heavy atom. The van der Waals surface area contributed by atoms with E-state index >= 15 is 0 Å². The molecule has 8 heteroatoms. The molecule has 2 saturated heterocycles. The van der Waals surface area contributed by atoms with Crippen LogP contribution in [0.15, 0.2) is 23.1 Å². The lowest BCUT2D eigenvalue weighted by Gasteiger charge is -2.32. The van der Waals surface area contributed by atoms with Gasteiger partial charge in [0.25, 0.3) is 0 Å². The van der Waals surface area contributed by atoms with Gasteiger partial charge in [-0.1, -0.05) is 0 Å². The zero-order valence-electron chi connectivity index (χ0n) is 14.9. The molecule has 3 heterocycles. The van der Waals surface area contributed by atoms with E-state index in [1.807, 2.05) is 11.8 Å². The van der Waals surface area contributed by atoms with Gasteiger partial charge >= 0.3 is 0 Å². The highest BCUT2D eigenvalue weighted by atomic mass is 32.2. The quantitative estimate of drug-likeness (QED) is 0.774. The minimum Gasteiger partial charge on any atom is -0.486 e. The summed E-state index contributed by atoms with van der Waals surface area (Å²) < 4.78 is 39.7. The van der Waals surface area contributed by atoms with Gasteiger partial charge in [-0.05, 0) is 50.2 Å². The Bertz CT molecular complexity index is 735. The molecule has 1 aromatic rings. The van der Waals surface area contributed by atoms with Gasteiger partial charge in [0.15, 0.2) is 11.5 Å². The molecule has 0 unspecified atom stereocenters. The first-order valence-corrected chi connectivity index (χ1v) is 12.0. The zero-order chi connectivity index (χ0) is 18.0. The average molecular weight is 399 g/mol. The van der Waals surface area contributed by atoms with Crippen LogP contribution in [0.2, 0.25) is 0 Å². The van der Waals surface area contributed by atoms with Crippen LogP contribution in [-0.4, -0.2) is 74.6 Å². The standard InChI is InChI=1S/C18H26N2O4S2/c21-26(22,16-4-5-17-18(12-16)24-10-9-23-17)20-8-3-11-25-14-15(20)13-19-6-1-2-7-19/h4-5,12,15H,1-3,6-11,13-14H2/t15-/m1/s1. The Kier molecular flexibility index (Phi) is 5.63. The number of rotatable bonds is 4. The summed E-state index contributed by atoms with van der Waals surface area (Å²) in [5, 5.41) is 0. The van der Waals surface area contributed by atoms with Crippen molar-refractivity contribution in [1.29, 1.82) is 0 Å². The Balaban J connectivity index is 1.60. The van der Waals surface area contributed by atoms with Crippen LogP contribution in [0.1, 0.15) is 19.3 Å². The highest BCUT2D eigenvalue weighted by Gasteiger charge is 2.34. The van der Waals surface area contributed by atoms with Crippen LogP contribution >= 0.6 is 11.8 Å². The summed E-state index contributed by atoms with van der Waals surface area (Å²) in [6.45, 7) is 4.53. The molecule has 0 radical (unpaired) electrons. The summed E-state index contributed by atoms with van der Waals surface area (Å²) in [7, 11) is -3.55. The summed E-state index contributed by atoms with van der Waals surface area (Å²) in [5.74, 6) is 3.03. The Morgan fingerprint density at radius 3 is 2.62 bits per heavy atom. The van der Waals surface area contributed by atoms with E-state index in [0.717, 1.165) is 37.6 Å². The van der Waals surface area contributed by atoms with E-state index in [1.54, 1.807) is 22.5 Å². The molecule has 1 aromatic carbocycles. The number of hydrogen-bond acceptors (Lipinski definition) is 6. The zero-order valence-corrected chi connectivity index (χ0v) is 16.6. The molecule has 6 nitrogen and oxygen atoms in total. The third-order valence-corrected chi connectivity index (χ3v) is 8.32. The molecule has 0 aromatic heterocycles. The van der Waals surface area contributed by atoms with Crippen LogP contribution < -0.4 is 9.47 Å². The molecule has 1 atom stereocenters. The second-order valence-electron chi connectivity index (χ2n) is 7.01. The van der Waals surface area contributed by atoms with Crippen molar-refractivity contribution in [2.75, 3.05) is 50.9 Å². The molecule has 0 aliphatic carbocycles. The predicted molar refractivity (Wildman–Crippen MR) is 103 cm³/mol. The lowest BCUT2D eigenvalue weighted by Crippen LogP contribution is -2.47. The number of thioether (sulfide) groups is 1. The van der Waals surface area contributed by atoms with Crippen molar-refractivity contribution in [2.45, 2.75) is 30.2 Å². The maximum Gasteiger partial charge on any atom is 0.243 e. The van der Waals surface area contributed by atoms with Gasteiger partial charge in [0.1, 0.15) is 13.2 Å². The van der Waals surface area contributed by atoms with E-state index in [9.17, 15) is 8.42 Å². The van der Waals surface area contributed by atoms with E-state index in [-0.39, 0.29) is 6.04 Å². The van der Waals surface area contributed by atoms with Crippen molar-refractivity contribution in [1.82, 2.24) is 9.21 Å². The van der Waals surface area contributed by atoms with Crippen LogP contribution in [0.4, 0.5) is 0 Å². The van der Waals surface area contributed by atoms with Gasteiger partial charge in [0, 0.05) is 31.0 Å². The second kappa shape index (κ2) is 7.96. The molecule has 2 fully saturated rings. The number of likely N-dealkylation sites (tertiary alicyclic amines) is 1. The van der Waals surface area contributed by atoms with Crippen molar-refractivity contribution < 1.29 is 17.9 Å². The van der Waals surface area contributed by atoms with Crippen molar-refractivity contribution in [3.63, 3.8) is 0 Å². The monoisotopic (exact) mass is 398 g/mol. The Hall–Kier alpha value is -0.960. The summed E-state index contributed by atoms with van der Waals surface area (Å²) in [4.78, 5) is 2.71. The fraction of sp³-hybridized carbons (Fsp3) is 0.667. The van der Waals surface area contributed by atoms with Crippen molar-refractivity contribution in [2.24, 2.45) is 0 Å². The number of benzene rings is 1. The minimum absolute atomic E-state index is 0.0267. The molecular formula is C18H26N2O4S2. The number of hydrogen-bond donors (Lipinski definition) is 0. The third kappa shape index (κ3) is 3.83. The van der Waals surface area contributed by atoms with Crippen molar-refractivity contribution in [3.05, 3.63) is 18.2 Å². The van der Waals surface area contributed by atoms with E-state index in [1.165, 1.54) is 12.8 Å². The second-order valence-corrected chi connectivity index (χ2v) is 10.1. The van der Waals surface area contributed by atoms with Crippen molar-refractivity contribution >= 4 is 21.8 Å². The van der Waals surface area contributed by atoms with E-state index < -0.39 is 10.0 Å². The lowest BCUT2D eigenvalue weighted by molar-refractivity contribution is 0.171. The van der Waals surface area contributed by atoms with E-state index in [0.29, 0.717) is 36.2 Å². The van der Waals surface area contributed by atoms with E-state index in [4.69, 9.17) is 9.47 Å². The van der Waals surface area contributed by atoms with Gasteiger partial charge in [-0.15, -0.1) is 0 Å². The summed E-state index contributed by atoms with van der Waals surface area (Å²) in [6, 6.07) is 5.00. The number of nitrogens with zero attached hydrogens (tertiary/aromatic N) is 2. The average Bonchev–Trinajstić information content (AvgIpc) is 3.05. The van der Waals surface area contributed by atoms with Crippen LogP contribution in [0.25, 0.3) is 0 Å². The first-order chi connectivity index (χ1) is 12.6. The largest absolute Gasteiger partial charge is 0.486 e. The van der Waals surface area contributed by atoms with Gasteiger partial charge in [-0.25, -0.2) is 8.42 Å². The molecule has 3 aliphatic heterocycles. The van der Waals surface area contributed by atoms with Gasteiger partial charge in [-0.3, -0.25) is 0 Å². The first kappa shape index (κ1) is 18.4. The van der Waals surface area contributed by atoms with Gasteiger partial charge in [0.2, 0.25) is 10.0 Å². The summed E-state index contributed by atoms with van der Waals surface area (Å²) >= 11 is 1.87. The van der Waals surface area contributed by atoms with Gasteiger partial charge in [-0.2, -0.15) is 16.1 Å². The Labute approximate surface area is 159 Å². The first-order valence-electron chi connectivity index (χ1n) is 9.36. The van der Waals surface area contributed by atoms with Crippen LogP contribution in [0.5, 0.6) is 11.5 Å². The molecule has 26 heavy (non-hydrogen) atoms. The van der Waals surface area contributed by atoms with Gasteiger partial charge < -0.3 is 14.4 Å². The molecule has 0 bridgehead atoms. The van der Waals surface area contributed by atoms with Crippen LogP contribution in [0.3, 0.4) is 0 Å². The number of ether oxygens (including phenoxy) is 2. The van der Waals surface area contributed by atoms with E-state index in [2.05, 4.69) is 4.90 Å². The minimum atomic E-state index is -3.55. The lowest BCUT2D eigenvalue weighted by atomic mass is 10.3. The molecule has 3 aliphatic rings. The molecule has 0 N–H and O–H groups in total. The van der Waals surface area contributed by atoms with Crippen LogP contribution in [0, 0.1) is 0 Å². The summed E-state index contributed by atoms with van der Waals surface area (Å²) in [5.41, 5.74) is 0. The normalized spacial score (nSPS) is 25.2. The highest BCUT2D eigenvalue weighted by molar-refractivity contribution is 7.99.